The summed E-state index contributed by atoms with van der Waals surface area (Å²) in [5, 5.41) is 5.53. The molecule has 0 radical (unpaired) electrons. The number of carbonyl (C=O) groups excluding carboxylic acids is 2. The van der Waals surface area contributed by atoms with Gasteiger partial charge in [0, 0.05) is 38.0 Å². The lowest BCUT2D eigenvalue weighted by Gasteiger charge is -2.18. The summed E-state index contributed by atoms with van der Waals surface area (Å²) >= 11 is 0. The first kappa shape index (κ1) is 17.9. The smallest absolute Gasteiger partial charge is 0.315 e. The van der Waals surface area contributed by atoms with E-state index in [1.54, 1.807) is 7.11 Å². The van der Waals surface area contributed by atoms with E-state index in [1.807, 2.05) is 53.4 Å². The predicted octanol–water partition coefficient (Wildman–Crippen LogP) is 2.34. The highest BCUT2D eigenvalue weighted by molar-refractivity contribution is 6.07. The standard InChI is InChI=1S/C20H23N3O3/c1-26-12-10-21-20(25)22-14-15-7-8-16-9-11-23(18(16)13-15)19(24)17-5-3-2-4-6-17/h2-8,13H,9-12,14H2,1H3,(H2,21,22,25). The first-order chi connectivity index (χ1) is 12.7. The fourth-order valence-electron chi connectivity index (χ4n) is 2.99. The van der Waals surface area contributed by atoms with Crippen LogP contribution in [0.4, 0.5) is 10.5 Å². The van der Waals surface area contributed by atoms with Crippen molar-refractivity contribution < 1.29 is 14.3 Å². The zero-order chi connectivity index (χ0) is 18.4. The van der Waals surface area contributed by atoms with Gasteiger partial charge < -0.3 is 20.3 Å². The molecule has 6 heteroatoms. The SMILES string of the molecule is COCCNC(=O)NCc1ccc2c(c1)N(C(=O)c1ccccc1)CC2. The number of fused-ring (bicyclic) bond motifs is 1. The number of nitrogens with one attached hydrogen (secondary N) is 2. The van der Waals surface area contributed by atoms with Gasteiger partial charge in [-0.25, -0.2) is 4.79 Å². The van der Waals surface area contributed by atoms with Crippen molar-refractivity contribution in [2.24, 2.45) is 0 Å². The minimum absolute atomic E-state index is 0.00627. The third-order valence-electron chi connectivity index (χ3n) is 4.36. The van der Waals surface area contributed by atoms with E-state index in [-0.39, 0.29) is 11.9 Å². The fourth-order valence-corrected chi connectivity index (χ4v) is 2.99. The van der Waals surface area contributed by atoms with Crippen LogP contribution in [0.2, 0.25) is 0 Å². The summed E-state index contributed by atoms with van der Waals surface area (Å²) < 4.78 is 4.90. The molecule has 0 spiro atoms. The molecule has 1 aliphatic rings. The van der Waals surface area contributed by atoms with Crippen LogP contribution in [-0.2, 0) is 17.7 Å². The van der Waals surface area contributed by atoms with Crippen molar-refractivity contribution in [3.05, 3.63) is 65.2 Å². The monoisotopic (exact) mass is 353 g/mol. The highest BCUT2D eigenvalue weighted by Gasteiger charge is 2.25. The first-order valence-corrected chi connectivity index (χ1v) is 8.68. The van der Waals surface area contributed by atoms with Gasteiger partial charge in [0.15, 0.2) is 0 Å². The Hall–Kier alpha value is -2.86. The number of nitrogens with zero attached hydrogens (tertiary/aromatic N) is 1. The second-order valence-electron chi connectivity index (χ2n) is 6.14. The lowest BCUT2D eigenvalue weighted by Crippen LogP contribution is -2.36. The molecule has 0 bridgehead atoms. The van der Waals surface area contributed by atoms with Crippen LogP contribution in [0.5, 0.6) is 0 Å². The molecule has 0 fully saturated rings. The van der Waals surface area contributed by atoms with Crippen molar-refractivity contribution >= 4 is 17.6 Å². The Morgan fingerprint density at radius 3 is 2.69 bits per heavy atom. The van der Waals surface area contributed by atoms with Crippen LogP contribution in [0.1, 0.15) is 21.5 Å². The highest BCUT2D eigenvalue weighted by Crippen LogP contribution is 2.30. The summed E-state index contributed by atoms with van der Waals surface area (Å²) in [4.78, 5) is 26.3. The fraction of sp³-hybridized carbons (Fsp3) is 0.300. The topological polar surface area (TPSA) is 70.7 Å². The van der Waals surface area contributed by atoms with Crippen molar-refractivity contribution in [2.45, 2.75) is 13.0 Å². The van der Waals surface area contributed by atoms with E-state index in [0.717, 1.165) is 23.2 Å². The first-order valence-electron chi connectivity index (χ1n) is 8.68. The number of ether oxygens (including phenoxy) is 1. The number of hydrogen-bond donors (Lipinski definition) is 2. The van der Waals surface area contributed by atoms with E-state index in [2.05, 4.69) is 10.6 Å². The maximum Gasteiger partial charge on any atom is 0.315 e. The van der Waals surface area contributed by atoms with Gasteiger partial charge in [-0.1, -0.05) is 30.3 Å². The predicted molar refractivity (Wildman–Crippen MR) is 100 cm³/mol. The zero-order valence-corrected chi connectivity index (χ0v) is 14.8. The molecule has 2 aromatic rings. The van der Waals surface area contributed by atoms with Crippen LogP contribution >= 0.6 is 0 Å². The maximum absolute atomic E-state index is 12.8. The molecule has 136 valence electrons. The van der Waals surface area contributed by atoms with E-state index in [0.29, 0.717) is 31.8 Å². The Balaban J connectivity index is 1.66. The number of urea groups is 1. The maximum atomic E-state index is 12.8. The molecule has 2 aromatic carbocycles. The van der Waals surface area contributed by atoms with Crippen LogP contribution in [0, 0.1) is 0 Å². The van der Waals surface area contributed by atoms with E-state index in [4.69, 9.17) is 4.74 Å². The molecular weight excluding hydrogens is 330 g/mol. The number of amides is 3. The molecule has 0 saturated carbocycles. The van der Waals surface area contributed by atoms with E-state index in [1.165, 1.54) is 0 Å². The summed E-state index contributed by atoms with van der Waals surface area (Å²) in [6.45, 7) is 2.02. The van der Waals surface area contributed by atoms with Gasteiger partial charge >= 0.3 is 6.03 Å². The Morgan fingerprint density at radius 2 is 1.92 bits per heavy atom. The summed E-state index contributed by atoms with van der Waals surface area (Å²) in [6.07, 6.45) is 0.846. The van der Waals surface area contributed by atoms with Crippen LogP contribution in [-0.4, -0.2) is 38.7 Å². The summed E-state index contributed by atoms with van der Waals surface area (Å²) in [6, 6.07) is 15.1. The zero-order valence-electron chi connectivity index (χ0n) is 14.8. The third kappa shape index (κ3) is 4.21. The largest absolute Gasteiger partial charge is 0.383 e. The molecule has 1 aliphatic heterocycles. The Morgan fingerprint density at radius 1 is 1.12 bits per heavy atom. The number of rotatable bonds is 6. The molecule has 3 amide bonds. The average Bonchev–Trinajstić information content (AvgIpc) is 3.10. The van der Waals surface area contributed by atoms with Crippen molar-refractivity contribution in [3.8, 4) is 0 Å². The number of benzene rings is 2. The lowest BCUT2D eigenvalue weighted by molar-refractivity contribution is 0.0989. The Bertz CT molecular complexity index is 777. The molecular formula is C20H23N3O3. The molecule has 2 N–H and O–H groups in total. The molecule has 26 heavy (non-hydrogen) atoms. The molecule has 0 aromatic heterocycles. The molecule has 3 rings (SSSR count). The van der Waals surface area contributed by atoms with Gasteiger partial charge in [0.2, 0.25) is 0 Å². The van der Waals surface area contributed by atoms with E-state index in [9.17, 15) is 9.59 Å². The van der Waals surface area contributed by atoms with Crippen molar-refractivity contribution in [1.82, 2.24) is 10.6 Å². The van der Waals surface area contributed by atoms with E-state index >= 15 is 0 Å². The third-order valence-corrected chi connectivity index (χ3v) is 4.36. The number of methoxy groups -OCH3 is 1. The second kappa shape index (κ2) is 8.49. The number of carbonyl (C=O) groups is 2. The quantitative estimate of drug-likeness (QED) is 0.783. The van der Waals surface area contributed by atoms with Gasteiger partial charge in [-0.2, -0.15) is 0 Å². The van der Waals surface area contributed by atoms with Crippen LogP contribution in [0.3, 0.4) is 0 Å². The lowest BCUT2D eigenvalue weighted by atomic mass is 10.1. The van der Waals surface area contributed by atoms with Crippen LogP contribution < -0.4 is 15.5 Å². The molecule has 0 saturated heterocycles. The summed E-state index contributed by atoms with van der Waals surface area (Å²) in [5.74, 6) is 0.00627. The molecule has 0 atom stereocenters. The molecule has 6 nitrogen and oxygen atoms in total. The van der Waals surface area contributed by atoms with Gasteiger partial charge in [0.25, 0.3) is 5.91 Å². The van der Waals surface area contributed by atoms with Crippen LogP contribution in [0.15, 0.2) is 48.5 Å². The van der Waals surface area contributed by atoms with Crippen molar-refractivity contribution in [2.75, 3.05) is 31.7 Å². The minimum atomic E-state index is -0.236. The number of anilines is 1. The van der Waals surface area contributed by atoms with Gasteiger partial charge in [0.1, 0.15) is 0 Å². The Labute approximate surface area is 153 Å². The molecule has 0 unspecified atom stereocenters. The highest BCUT2D eigenvalue weighted by atomic mass is 16.5. The average molecular weight is 353 g/mol. The van der Waals surface area contributed by atoms with Gasteiger partial charge in [-0.3, -0.25) is 4.79 Å². The van der Waals surface area contributed by atoms with Crippen LogP contribution in [0.25, 0.3) is 0 Å². The van der Waals surface area contributed by atoms with Gasteiger partial charge in [-0.15, -0.1) is 0 Å². The van der Waals surface area contributed by atoms with E-state index < -0.39 is 0 Å². The molecule has 0 aliphatic carbocycles. The summed E-state index contributed by atoms with van der Waals surface area (Å²) in [5.41, 5.74) is 3.72. The van der Waals surface area contributed by atoms with Gasteiger partial charge in [0.05, 0.1) is 6.61 Å². The normalized spacial score (nSPS) is 12.6. The minimum Gasteiger partial charge on any atom is -0.383 e. The summed E-state index contributed by atoms with van der Waals surface area (Å²) in [7, 11) is 1.59. The Kier molecular flexibility index (Phi) is 5.86. The molecule has 1 heterocycles. The van der Waals surface area contributed by atoms with Crippen molar-refractivity contribution in [3.63, 3.8) is 0 Å². The van der Waals surface area contributed by atoms with Crippen molar-refractivity contribution in [1.29, 1.82) is 0 Å². The second-order valence-corrected chi connectivity index (χ2v) is 6.14. The van der Waals surface area contributed by atoms with Gasteiger partial charge in [-0.05, 0) is 35.7 Å². The number of hydrogen-bond acceptors (Lipinski definition) is 3.